The summed E-state index contributed by atoms with van der Waals surface area (Å²) in [5.74, 6) is 0.649. The fourth-order valence-corrected chi connectivity index (χ4v) is 1.72. The van der Waals surface area contributed by atoms with E-state index in [0.29, 0.717) is 17.2 Å². The first-order valence-corrected chi connectivity index (χ1v) is 6.03. The zero-order valence-electron chi connectivity index (χ0n) is 10.9. The Kier molecular flexibility index (Phi) is 3.70. The van der Waals surface area contributed by atoms with Gasteiger partial charge in [0.1, 0.15) is 5.82 Å². The van der Waals surface area contributed by atoms with Crippen molar-refractivity contribution in [3.8, 4) is 0 Å². The summed E-state index contributed by atoms with van der Waals surface area (Å²) in [6.45, 7) is 3.99. The van der Waals surface area contributed by atoms with Crippen molar-refractivity contribution < 1.29 is 4.79 Å². The second-order valence-corrected chi connectivity index (χ2v) is 4.46. The Morgan fingerprint density at radius 1 is 1.32 bits per heavy atom. The molecule has 2 amide bonds. The van der Waals surface area contributed by atoms with E-state index in [2.05, 4.69) is 15.7 Å². The zero-order chi connectivity index (χ0) is 13.8. The van der Waals surface area contributed by atoms with Gasteiger partial charge < -0.3 is 11.1 Å². The number of nitrogens with zero attached hydrogens (tertiary/aromatic N) is 2. The molecule has 0 saturated heterocycles. The van der Waals surface area contributed by atoms with Crippen molar-refractivity contribution in [1.82, 2.24) is 9.78 Å². The maximum absolute atomic E-state index is 11.9. The van der Waals surface area contributed by atoms with E-state index in [0.717, 1.165) is 0 Å². The molecule has 1 heterocycles. The second kappa shape index (κ2) is 5.43. The van der Waals surface area contributed by atoms with Gasteiger partial charge in [-0.3, -0.25) is 5.32 Å². The van der Waals surface area contributed by atoms with Crippen LogP contribution in [0, 0.1) is 0 Å². The Labute approximate surface area is 111 Å². The molecule has 0 aliphatic heterocycles. The average molecular weight is 259 g/mol. The highest BCUT2D eigenvalue weighted by Gasteiger charge is 2.09. The van der Waals surface area contributed by atoms with Crippen LogP contribution in [0.15, 0.2) is 36.5 Å². The van der Waals surface area contributed by atoms with Crippen LogP contribution >= 0.6 is 0 Å². The number of nitrogens with two attached hydrogens (primary N) is 1. The fraction of sp³-hybridized carbons (Fsp3) is 0.231. The average Bonchev–Trinajstić information content (AvgIpc) is 2.76. The molecule has 1 aromatic heterocycles. The predicted molar refractivity (Wildman–Crippen MR) is 76.1 cm³/mol. The van der Waals surface area contributed by atoms with Gasteiger partial charge in [-0.2, -0.15) is 5.10 Å². The summed E-state index contributed by atoms with van der Waals surface area (Å²) in [4.78, 5) is 11.9. The van der Waals surface area contributed by atoms with Crippen LogP contribution in [0.5, 0.6) is 0 Å². The van der Waals surface area contributed by atoms with Gasteiger partial charge in [0.15, 0.2) is 0 Å². The number of rotatable bonds is 3. The zero-order valence-corrected chi connectivity index (χ0v) is 10.9. The van der Waals surface area contributed by atoms with Crippen LogP contribution in [0.2, 0.25) is 0 Å². The molecular weight excluding hydrogens is 242 g/mol. The summed E-state index contributed by atoms with van der Waals surface area (Å²) in [6.07, 6.45) is 1.65. The molecular formula is C13H17N5O. The third-order valence-electron chi connectivity index (χ3n) is 2.55. The number of anilines is 3. The number of benzene rings is 1. The quantitative estimate of drug-likeness (QED) is 0.741. The number of nitrogen functional groups attached to an aromatic ring is 1. The molecule has 19 heavy (non-hydrogen) atoms. The summed E-state index contributed by atoms with van der Waals surface area (Å²) in [5.41, 5.74) is 6.90. The molecule has 0 fully saturated rings. The van der Waals surface area contributed by atoms with Gasteiger partial charge >= 0.3 is 6.03 Å². The smallest absolute Gasteiger partial charge is 0.324 e. The van der Waals surface area contributed by atoms with Gasteiger partial charge in [-0.1, -0.05) is 6.07 Å². The summed E-state index contributed by atoms with van der Waals surface area (Å²) in [6, 6.07) is 8.61. The summed E-state index contributed by atoms with van der Waals surface area (Å²) < 4.78 is 1.74. The molecule has 0 atom stereocenters. The molecule has 4 N–H and O–H groups in total. The van der Waals surface area contributed by atoms with Crippen LogP contribution in [-0.2, 0) is 0 Å². The molecule has 0 unspecified atom stereocenters. The molecule has 6 nitrogen and oxygen atoms in total. The highest BCUT2D eigenvalue weighted by Crippen LogP contribution is 2.15. The Hall–Kier alpha value is -2.50. The highest BCUT2D eigenvalue weighted by atomic mass is 16.2. The third kappa shape index (κ3) is 3.25. The maximum atomic E-state index is 11.9. The first-order chi connectivity index (χ1) is 9.06. The van der Waals surface area contributed by atoms with Crippen molar-refractivity contribution >= 4 is 23.2 Å². The molecule has 0 radical (unpaired) electrons. The SMILES string of the molecule is CC(C)n1nccc1NC(=O)Nc1cccc(N)c1. The largest absolute Gasteiger partial charge is 0.399 e. The third-order valence-corrected chi connectivity index (χ3v) is 2.55. The van der Waals surface area contributed by atoms with E-state index in [1.807, 2.05) is 13.8 Å². The molecule has 100 valence electrons. The van der Waals surface area contributed by atoms with E-state index in [9.17, 15) is 4.79 Å². The number of nitrogens with one attached hydrogen (secondary N) is 2. The molecule has 6 heteroatoms. The van der Waals surface area contributed by atoms with Crippen molar-refractivity contribution in [3.63, 3.8) is 0 Å². The Morgan fingerprint density at radius 2 is 2.11 bits per heavy atom. The predicted octanol–water partition coefficient (Wildman–Crippen LogP) is 2.69. The first kappa shape index (κ1) is 12.9. The number of aromatic nitrogens is 2. The monoisotopic (exact) mass is 259 g/mol. The van der Waals surface area contributed by atoms with Gasteiger partial charge in [-0.15, -0.1) is 0 Å². The van der Waals surface area contributed by atoms with Crippen molar-refractivity contribution in [1.29, 1.82) is 0 Å². The van der Waals surface area contributed by atoms with Gasteiger partial charge in [-0.25, -0.2) is 9.48 Å². The molecule has 1 aromatic carbocycles. The van der Waals surface area contributed by atoms with E-state index in [4.69, 9.17) is 5.73 Å². The van der Waals surface area contributed by atoms with Crippen LogP contribution in [0.4, 0.5) is 22.0 Å². The Bertz CT molecular complexity index is 576. The maximum Gasteiger partial charge on any atom is 0.324 e. The van der Waals surface area contributed by atoms with Crippen LogP contribution in [0.3, 0.4) is 0 Å². The minimum absolute atomic E-state index is 0.178. The lowest BCUT2D eigenvalue weighted by atomic mass is 10.3. The van der Waals surface area contributed by atoms with Crippen LogP contribution < -0.4 is 16.4 Å². The number of amides is 2. The summed E-state index contributed by atoms with van der Waals surface area (Å²) in [7, 11) is 0. The van der Waals surface area contributed by atoms with E-state index >= 15 is 0 Å². The van der Waals surface area contributed by atoms with Crippen molar-refractivity contribution in [2.45, 2.75) is 19.9 Å². The Balaban J connectivity index is 2.03. The minimum atomic E-state index is -0.326. The molecule has 2 rings (SSSR count). The van der Waals surface area contributed by atoms with Gasteiger partial charge in [0.05, 0.1) is 6.20 Å². The van der Waals surface area contributed by atoms with Crippen LogP contribution in [-0.4, -0.2) is 15.8 Å². The number of carbonyl (C=O) groups excluding carboxylic acids is 1. The van der Waals surface area contributed by atoms with Crippen molar-refractivity contribution in [2.24, 2.45) is 0 Å². The van der Waals surface area contributed by atoms with Crippen LogP contribution in [0.25, 0.3) is 0 Å². The van der Waals surface area contributed by atoms with Gasteiger partial charge in [-0.05, 0) is 32.0 Å². The van der Waals surface area contributed by atoms with Gasteiger partial charge in [0.2, 0.25) is 0 Å². The molecule has 2 aromatic rings. The first-order valence-electron chi connectivity index (χ1n) is 6.03. The summed E-state index contributed by atoms with van der Waals surface area (Å²) in [5, 5.41) is 9.61. The van der Waals surface area contributed by atoms with E-state index in [-0.39, 0.29) is 12.1 Å². The van der Waals surface area contributed by atoms with Crippen molar-refractivity contribution in [3.05, 3.63) is 36.5 Å². The van der Waals surface area contributed by atoms with Crippen molar-refractivity contribution in [2.75, 3.05) is 16.4 Å². The lowest BCUT2D eigenvalue weighted by Gasteiger charge is -2.12. The lowest BCUT2D eigenvalue weighted by Crippen LogP contribution is -2.22. The number of hydrogen-bond donors (Lipinski definition) is 3. The van der Waals surface area contributed by atoms with Gasteiger partial charge in [0.25, 0.3) is 0 Å². The standard InChI is InChI=1S/C13H17N5O/c1-9(2)18-12(6-7-15-18)17-13(19)16-11-5-3-4-10(14)8-11/h3-9H,14H2,1-2H3,(H2,16,17,19). The molecule has 0 saturated carbocycles. The number of carbonyl (C=O) groups is 1. The lowest BCUT2D eigenvalue weighted by molar-refractivity contribution is 0.262. The number of urea groups is 1. The topological polar surface area (TPSA) is 85.0 Å². The van der Waals surface area contributed by atoms with Gasteiger partial charge in [0, 0.05) is 23.5 Å². The molecule has 0 bridgehead atoms. The normalized spacial score (nSPS) is 10.5. The second-order valence-electron chi connectivity index (χ2n) is 4.46. The van der Waals surface area contributed by atoms with E-state index in [1.165, 1.54) is 0 Å². The van der Waals surface area contributed by atoms with E-state index < -0.39 is 0 Å². The molecule has 0 spiro atoms. The highest BCUT2D eigenvalue weighted by molar-refractivity contribution is 5.99. The fourth-order valence-electron chi connectivity index (χ4n) is 1.72. The number of hydrogen-bond acceptors (Lipinski definition) is 3. The summed E-state index contributed by atoms with van der Waals surface area (Å²) >= 11 is 0. The minimum Gasteiger partial charge on any atom is -0.399 e. The van der Waals surface area contributed by atoms with Crippen LogP contribution in [0.1, 0.15) is 19.9 Å². The van der Waals surface area contributed by atoms with E-state index in [1.54, 1.807) is 41.2 Å². The molecule has 0 aliphatic carbocycles. The molecule has 0 aliphatic rings. The Morgan fingerprint density at radius 3 is 2.79 bits per heavy atom.